The van der Waals surface area contributed by atoms with Gasteiger partial charge in [0.25, 0.3) is 0 Å². The van der Waals surface area contributed by atoms with Crippen molar-refractivity contribution in [2.24, 2.45) is 5.73 Å². The smallest absolute Gasteiger partial charge is 0.325 e. The first-order chi connectivity index (χ1) is 6.31. The molecule has 0 spiro atoms. The monoisotopic (exact) mass is 202 g/mol. The zero-order valence-electron chi connectivity index (χ0n) is 9.83. The van der Waals surface area contributed by atoms with E-state index in [0.717, 1.165) is 0 Å². The van der Waals surface area contributed by atoms with Crippen molar-refractivity contribution in [1.82, 2.24) is 4.90 Å². The average Bonchev–Trinajstić information content (AvgIpc) is 2.03. The molecule has 0 aromatic rings. The summed E-state index contributed by atoms with van der Waals surface area (Å²) in [6.07, 6.45) is 0.596. The molecule has 0 aliphatic heterocycles. The third-order valence-corrected chi connectivity index (χ3v) is 2.34. The molecule has 0 aromatic carbocycles. The maximum absolute atomic E-state index is 11.5. The molecular weight excluding hydrogens is 180 g/mol. The maximum atomic E-state index is 11.5. The highest BCUT2D eigenvalue weighted by atomic mass is 16.5. The van der Waals surface area contributed by atoms with Crippen LogP contribution in [0, 0.1) is 0 Å². The van der Waals surface area contributed by atoms with Crippen molar-refractivity contribution < 1.29 is 9.53 Å². The Morgan fingerprint density at radius 1 is 1.57 bits per heavy atom. The molecule has 0 fully saturated rings. The van der Waals surface area contributed by atoms with Crippen molar-refractivity contribution in [3.63, 3.8) is 0 Å². The lowest BCUT2D eigenvalue weighted by atomic mass is 9.94. The molecule has 0 aliphatic carbocycles. The van der Waals surface area contributed by atoms with Gasteiger partial charge in [0.2, 0.25) is 0 Å². The predicted octanol–water partition coefficient (Wildman–Crippen LogP) is 0.607. The lowest BCUT2D eigenvalue weighted by Gasteiger charge is -2.29. The van der Waals surface area contributed by atoms with E-state index >= 15 is 0 Å². The number of hydrogen-bond donors (Lipinski definition) is 1. The molecule has 0 saturated carbocycles. The Bertz CT molecular complexity index is 191. The van der Waals surface area contributed by atoms with E-state index in [0.29, 0.717) is 13.0 Å². The molecule has 0 aliphatic rings. The van der Waals surface area contributed by atoms with Crippen LogP contribution in [0.1, 0.15) is 27.2 Å². The van der Waals surface area contributed by atoms with Gasteiger partial charge in [-0.05, 0) is 41.3 Å². The van der Waals surface area contributed by atoms with Crippen molar-refractivity contribution in [3.05, 3.63) is 0 Å². The van der Waals surface area contributed by atoms with E-state index in [1.807, 2.05) is 25.9 Å². The Labute approximate surface area is 86.4 Å². The van der Waals surface area contributed by atoms with E-state index < -0.39 is 5.54 Å². The highest BCUT2D eigenvalue weighted by molar-refractivity contribution is 5.80. The Hall–Kier alpha value is -0.610. The lowest BCUT2D eigenvalue weighted by Crippen LogP contribution is -2.50. The van der Waals surface area contributed by atoms with Crippen LogP contribution in [0.3, 0.4) is 0 Å². The second-order valence-corrected chi connectivity index (χ2v) is 4.15. The molecule has 0 bridgehead atoms. The lowest BCUT2D eigenvalue weighted by molar-refractivity contribution is -0.149. The van der Waals surface area contributed by atoms with Crippen LogP contribution < -0.4 is 5.73 Å². The van der Waals surface area contributed by atoms with Crippen LogP contribution >= 0.6 is 0 Å². The first-order valence-electron chi connectivity index (χ1n) is 4.93. The summed E-state index contributed by atoms with van der Waals surface area (Å²) in [5, 5.41) is 0. The quantitative estimate of drug-likeness (QED) is 0.664. The van der Waals surface area contributed by atoms with E-state index in [2.05, 4.69) is 0 Å². The van der Waals surface area contributed by atoms with Gasteiger partial charge >= 0.3 is 5.97 Å². The van der Waals surface area contributed by atoms with Crippen molar-refractivity contribution in [2.45, 2.75) is 38.8 Å². The molecule has 0 amide bonds. The molecule has 0 aromatic heterocycles. The summed E-state index contributed by atoms with van der Waals surface area (Å²) in [4.78, 5) is 13.5. The van der Waals surface area contributed by atoms with Gasteiger partial charge < -0.3 is 15.4 Å². The van der Waals surface area contributed by atoms with Crippen LogP contribution in [0.25, 0.3) is 0 Å². The predicted molar refractivity (Wildman–Crippen MR) is 57.0 cm³/mol. The van der Waals surface area contributed by atoms with E-state index in [-0.39, 0.29) is 12.0 Å². The number of carbonyl (C=O) groups excluding carboxylic acids is 1. The summed E-state index contributed by atoms with van der Waals surface area (Å²) in [7, 11) is 3.93. The van der Waals surface area contributed by atoms with Gasteiger partial charge in [-0.2, -0.15) is 0 Å². The van der Waals surface area contributed by atoms with Crippen molar-refractivity contribution in [2.75, 3.05) is 20.7 Å². The van der Waals surface area contributed by atoms with E-state index in [1.165, 1.54) is 0 Å². The van der Waals surface area contributed by atoms with Gasteiger partial charge in [-0.25, -0.2) is 0 Å². The highest BCUT2D eigenvalue weighted by Crippen LogP contribution is 2.13. The molecule has 14 heavy (non-hydrogen) atoms. The van der Waals surface area contributed by atoms with Gasteiger partial charge in [-0.3, -0.25) is 4.79 Å². The Morgan fingerprint density at radius 2 is 2.07 bits per heavy atom. The topological polar surface area (TPSA) is 55.6 Å². The zero-order chi connectivity index (χ0) is 11.4. The fourth-order valence-corrected chi connectivity index (χ4v) is 1.18. The van der Waals surface area contributed by atoms with E-state index in [1.54, 1.807) is 13.8 Å². The number of esters is 1. The minimum absolute atomic E-state index is 0.259. The number of nitrogens with two attached hydrogens (primary N) is 1. The summed E-state index contributed by atoms with van der Waals surface area (Å²) in [6, 6.07) is 0.259. The SMILES string of the molecule is CCOC(=O)C(C)(N)CC(C)N(C)C. The molecule has 0 saturated heterocycles. The van der Waals surface area contributed by atoms with Gasteiger partial charge in [-0.15, -0.1) is 0 Å². The van der Waals surface area contributed by atoms with Gasteiger partial charge in [-0.1, -0.05) is 0 Å². The normalized spacial score (nSPS) is 17.6. The molecule has 2 N–H and O–H groups in total. The minimum atomic E-state index is -0.889. The van der Waals surface area contributed by atoms with Crippen LogP contribution in [0.5, 0.6) is 0 Å². The molecule has 0 heterocycles. The van der Waals surface area contributed by atoms with Crippen LogP contribution in [0.2, 0.25) is 0 Å². The third-order valence-electron chi connectivity index (χ3n) is 2.34. The molecule has 2 atom stereocenters. The zero-order valence-corrected chi connectivity index (χ0v) is 9.83. The molecule has 0 rings (SSSR count). The molecule has 4 nitrogen and oxygen atoms in total. The number of rotatable bonds is 5. The number of hydrogen-bond acceptors (Lipinski definition) is 4. The second kappa shape index (κ2) is 5.32. The Kier molecular flexibility index (Phi) is 5.08. The van der Waals surface area contributed by atoms with E-state index in [9.17, 15) is 4.79 Å². The van der Waals surface area contributed by atoms with Crippen molar-refractivity contribution in [1.29, 1.82) is 0 Å². The number of nitrogens with zero attached hydrogens (tertiary/aromatic N) is 1. The fraction of sp³-hybridized carbons (Fsp3) is 0.900. The molecular formula is C10H22N2O2. The van der Waals surface area contributed by atoms with Crippen LogP contribution in [-0.4, -0.2) is 43.2 Å². The summed E-state index contributed by atoms with van der Waals surface area (Å²) >= 11 is 0. The van der Waals surface area contributed by atoms with Gasteiger partial charge in [0.05, 0.1) is 6.61 Å². The largest absolute Gasteiger partial charge is 0.465 e. The van der Waals surface area contributed by atoms with Crippen molar-refractivity contribution in [3.8, 4) is 0 Å². The summed E-state index contributed by atoms with van der Waals surface area (Å²) in [5.74, 6) is -0.325. The molecule has 0 radical (unpaired) electrons. The van der Waals surface area contributed by atoms with Gasteiger partial charge in [0, 0.05) is 6.04 Å². The molecule has 2 unspecified atom stereocenters. The second-order valence-electron chi connectivity index (χ2n) is 4.15. The molecule has 84 valence electrons. The highest BCUT2D eigenvalue weighted by Gasteiger charge is 2.32. The first kappa shape index (κ1) is 13.4. The minimum Gasteiger partial charge on any atom is -0.465 e. The number of carbonyl (C=O) groups is 1. The summed E-state index contributed by atoms with van der Waals surface area (Å²) in [6.45, 7) is 5.90. The van der Waals surface area contributed by atoms with Crippen molar-refractivity contribution >= 4 is 5.97 Å². The Balaban J connectivity index is 4.25. The summed E-state index contributed by atoms with van der Waals surface area (Å²) in [5.41, 5.74) is 4.99. The van der Waals surface area contributed by atoms with Gasteiger partial charge in [0.1, 0.15) is 5.54 Å². The summed E-state index contributed by atoms with van der Waals surface area (Å²) < 4.78 is 4.90. The fourth-order valence-electron chi connectivity index (χ4n) is 1.18. The van der Waals surface area contributed by atoms with Crippen LogP contribution in [0.15, 0.2) is 0 Å². The van der Waals surface area contributed by atoms with E-state index in [4.69, 9.17) is 10.5 Å². The molecule has 4 heteroatoms. The van der Waals surface area contributed by atoms with Crippen LogP contribution in [-0.2, 0) is 9.53 Å². The standard InChI is InChI=1S/C10H22N2O2/c1-6-14-9(13)10(3,11)7-8(2)12(4)5/h8H,6-7,11H2,1-5H3. The average molecular weight is 202 g/mol. The van der Waals surface area contributed by atoms with Gasteiger partial charge in [0.15, 0.2) is 0 Å². The maximum Gasteiger partial charge on any atom is 0.325 e. The van der Waals surface area contributed by atoms with Crippen LogP contribution in [0.4, 0.5) is 0 Å². The number of ether oxygens (including phenoxy) is 1. The third kappa shape index (κ3) is 4.07. The Morgan fingerprint density at radius 3 is 2.43 bits per heavy atom. The first-order valence-corrected chi connectivity index (χ1v) is 4.93.